The summed E-state index contributed by atoms with van der Waals surface area (Å²) in [6, 6.07) is 4.20. The van der Waals surface area contributed by atoms with Gasteiger partial charge in [-0.15, -0.1) is 0 Å². The molecule has 25 heavy (non-hydrogen) atoms. The van der Waals surface area contributed by atoms with Gasteiger partial charge >= 0.3 is 6.03 Å². The third kappa shape index (κ3) is 3.27. The molecule has 2 saturated carbocycles. The van der Waals surface area contributed by atoms with Crippen molar-refractivity contribution < 1.29 is 9.59 Å². The molecule has 4 rings (SSSR count). The minimum atomic E-state index is -0.646. The maximum atomic E-state index is 13.0. The maximum Gasteiger partial charge on any atom is 0.326 e. The van der Waals surface area contributed by atoms with E-state index in [4.69, 9.17) is 0 Å². The van der Waals surface area contributed by atoms with E-state index in [0.717, 1.165) is 50.6 Å². The fraction of sp³-hybridized carbons (Fsp3) is 0.632. The number of aromatic nitrogens is 1. The predicted octanol–water partition coefficient (Wildman–Crippen LogP) is 2.50. The first-order valence-corrected chi connectivity index (χ1v) is 9.34. The van der Waals surface area contributed by atoms with Gasteiger partial charge in [0, 0.05) is 25.0 Å². The number of rotatable bonds is 5. The van der Waals surface area contributed by atoms with Crippen molar-refractivity contribution in [1.82, 2.24) is 20.1 Å². The molecule has 6 nitrogen and oxygen atoms in total. The Morgan fingerprint density at radius 3 is 2.68 bits per heavy atom. The number of carbonyl (C=O) groups excluding carboxylic acids is 2. The van der Waals surface area contributed by atoms with E-state index in [1.165, 1.54) is 4.90 Å². The van der Waals surface area contributed by atoms with E-state index in [9.17, 15) is 9.59 Å². The number of hydrogen-bond donors (Lipinski definition) is 1. The first-order valence-electron chi connectivity index (χ1n) is 9.34. The number of nitrogens with one attached hydrogen (secondary N) is 1. The normalized spacial score (nSPS) is 29.5. The molecule has 1 saturated heterocycles. The Morgan fingerprint density at radius 1 is 1.28 bits per heavy atom. The van der Waals surface area contributed by atoms with Crippen LogP contribution in [0.3, 0.4) is 0 Å². The molecule has 0 radical (unpaired) electrons. The molecular weight excluding hydrogens is 316 g/mol. The number of urea groups is 1. The Morgan fingerprint density at radius 2 is 2.04 bits per heavy atom. The number of carbonyl (C=O) groups is 2. The predicted molar refractivity (Wildman–Crippen MR) is 93.4 cm³/mol. The van der Waals surface area contributed by atoms with Crippen LogP contribution in [0.2, 0.25) is 0 Å². The highest BCUT2D eigenvalue weighted by molar-refractivity contribution is 6.07. The van der Waals surface area contributed by atoms with Crippen LogP contribution in [-0.2, 0) is 11.3 Å². The lowest BCUT2D eigenvalue weighted by Crippen LogP contribution is -2.50. The second-order valence-corrected chi connectivity index (χ2v) is 7.91. The summed E-state index contributed by atoms with van der Waals surface area (Å²) in [6.45, 7) is 3.32. The summed E-state index contributed by atoms with van der Waals surface area (Å²) in [5.74, 6) is 0.610. The van der Waals surface area contributed by atoms with Gasteiger partial charge in [-0.3, -0.25) is 14.7 Å². The molecule has 1 spiro atoms. The molecule has 3 aliphatic rings. The van der Waals surface area contributed by atoms with Crippen molar-refractivity contribution in [2.24, 2.45) is 5.92 Å². The Bertz CT molecular complexity index is 651. The summed E-state index contributed by atoms with van der Waals surface area (Å²) in [4.78, 5) is 33.4. The molecule has 6 heteroatoms. The van der Waals surface area contributed by atoms with Crippen molar-refractivity contribution in [2.75, 3.05) is 6.67 Å². The van der Waals surface area contributed by atoms with Crippen molar-refractivity contribution in [2.45, 2.75) is 63.6 Å². The molecule has 1 aromatic rings. The molecule has 2 heterocycles. The Labute approximate surface area is 148 Å². The van der Waals surface area contributed by atoms with Gasteiger partial charge in [-0.2, -0.15) is 0 Å². The lowest BCUT2D eigenvalue weighted by atomic mass is 9.77. The molecule has 0 atom stereocenters. The van der Waals surface area contributed by atoms with Gasteiger partial charge in [-0.05, 0) is 56.1 Å². The smallest absolute Gasteiger partial charge is 0.323 e. The summed E-state index contributed by atoms with van der Waals surface area (Å²) >= 11 is 0. The molecule has 1 aromatic heterocycles. The molecule has 3 fully saturated rings. The first kappa shape index (κ1) is 16.5. The van der Waals surface area contributed by atoms with E-state index < -0.39 is 5.54 Å². The van der Waals surface area contributed by atoms with Crippen LogP contribution in [0.25, 0.3) is 0 Å². The largest absolute Gasteiger partial charge is 0.326 e. The van der Waals surface area contributed by atoms with E-state index in [-0.39, 0.29) is 11.9 Å². The lowest BCUT2D eigenvalue weighted by Gasteiger charge is -2.34. The SMILES string of the molecule is CC1CCC2(CC1)NC(=O)N(CN(Cc1cccnc1)C1CC1)C2=O. The Kier molecular flexibility index (Phi) is 4.23. The van der Waals surface area contributed by atoms with E-state index >= 15 is 0 Å². The summed E-state index contributed by atoms with van der Waals surface area (Å²) in [5.41, 5.74) is 0.468. The molecule has 0 bridgehead atoms. The second kappa shape index (κ2) is 6.41. The third-order valence-corrected chi connectivity index (χ3v) is 5.87. The minimum absolute atomic E-state index is 0.0266. The number of amides is 3. The van der Waals surface area contributed by atoms with Crippen LogP contribution in [0.1, 0.15) is 51.0 Å². The average molecular weight is 342 g/mol. The van der Waals surface area contributed by atoms with Crippen LogP contribution < -0.4 is 5.32 Å². The highest BCUT2D eigenvalue weighted by atomic mass is 16.2. The average Bonchev–Trinajstić information content (AvgIpc) is 3.43. The van der Waals surface area contributed by atoms with Crippen molar-refractivity contribution in [1.29, 1.82) is 0 Å². The van der Waals surface area contributed by atoms with Gasteiger partial charge < -0.3 is 5.32 Å². The monoisotopic (exact) mass is 342 g/mol. The van der Waals surface area contributed by atoms with E-state index in [1.54, 1.807) is 6.20 Å². The molecule has 1 N–H and O–H groups in total. The van der Waals surface area contributed by atoms with Gasteiger partial charge in [0.05, 0.1) is 6.67 Å². The van der Waals surface area contributed by atoms with Crippen LogP contribution in [0, 0.1) is 5.92 Å². The van der Waals surface area contributed by atoms with Gasteiger partial charge in [-0.25, -0.2) is 9.69 Å². The summed E-state index contributed by atoms with van der Waals surface area (Å²) in [5, 5.41) is 3.02. The molecule has 0 aromatic carbocycles. The number of pyridine rings is 1. The molecule has 1 aliphatic heterocycles. The van der Waals surface area contributed by atoms with Crippen molar-refractivity contribution in [3.8, 4) is 0 Å². The Hall–Kier alpha value is -1.95. The van der Waals surface area contributed by atoms with Crippen molar-refractivity contribution in [3.63, 3.8) is 0 Å². The Balaban J connectivity index is 1.47. The number of nitrogens with zero attached hydrogens (tertiary/aromatic N) is 3. The zero-order valence-corrected chi connectivity index (χ0v) is 14.8. The van der Waals surface area contributed by atoms with E-state index in [1.807, 2.05) is 18.3 Å². The zero-order chi connectivity index (χ0) is 17.4. The minimum Gasteiger partial charge on any atom is -0.323 e. The standard InChI is InChI=1S/C19H26N4O2/c1-14-6-8-19(9-7-14)17(24)23(18(25)21-19)13-22(16-4-5-16)12-15-3-2-10-20-11-15/h2-3,10-11,14,16H,4-9,12-13H2,1H3,(H,21,25). The molecule has 2 aliphatic carbocycles. The quantitative estimate of drug-likeness (QED) is 0.835. The van der Waals surface area contributed by atoms with Gasteiger partial charge in [0.2, 0.25) is 0 Å². The molecule has 0 unspecified atom stereocenters. The topological polar surface area (TPSA) is 65.5 Å². The van der Waals surface area contributed by atoms with Gasteiger partial charge in [0.25, 0.3) is 5.91 Å². The summed E-state index contributed by atoms with van der Waals surface area (Å²) < 4.78 is 0. The fourth-order valence-corrected chi connectivity index (χ4v) is 4.04. The van der Waals surface area contributed by atoms with Gasteiger partial charge in [0.15, 0.2) is 0 Å². The summed E-state index contributed by atoms with van der Waals surface area (Å²) in [7, 11) is 0. The molecular formula is C19H26N4O2. The van der Waals surface area contributed by atoms with Gasteiger partial charge in [-0.1, -0.05) is 13.0 Å². The van der Waals surface area contributed by atoms with Crippen LogP contribution >= 0.6 is 0 Å². The highest BCUT2D eigenvalue weighted by Crippen LogP contribution is 2.37. The van der Waals surface area contributed by atoms with Crippen LogP contribution in [0.4, 0.5) is 4.79 Å². The molecule has 3 amide bonds. The number of hydrogen-bond acceptors (Lipinski definition) is 4. The van der Waals surface area contributed by atoms with Crippen LogP contribution in [0.5, 0.6) is 0 Å². The fourth-order valence-electron chi connectivity index (χ4n) is 4.04. The van der Waals surface area contributed by atoms with Gasteiger partial charge in [0.1, 0.15) is 5.54 Å². The first-order chi connectivity index (χ1) is 12.1. The van der Waals surface area contributed by atoms with Crippen molar-refractivity contribution in [3.05, 3.63) is 30.1 Å². The molecule has 134 valence electrons. The second-order valence-electron chi connectivity index (χ2n) is 7.91. The van der Waals surface area contributed by atoms with Crippen LogP contribution in [-0.4, -0.2) is 45.0 Å². The maximum absolute atomic E-state index is 13.0. The summed E-state index contributed by atoms with van der Waals surface area (Å²) in [6.07, 6.45) is 9.41. The zero-order valence-electron chi connectivity index (χ0n) is 14.8. The number of imide groups is 1. The third-order valence-electron chi connectivity index (χ3n) is 5.87. The lowest BCUT2D eigenvalue weighted by molar-refractivity contribution is -0.134. The van der Waals surface area contributed by atoms with Crippen molar-refractivity contribution >= 4 is 11.9 Å². The highest BCUT2D eigenvalue weighted by Gasteiger charge is 2.52. The van der Waals surface area contributed by atoms with E-state index in [0.29, 0.717) is 18.6 Å². The van der Waals surface area contributed by atoms with Crippen LogP contribution in [0.15, 0.2) is 24.5 Å². The van der Waals surface area contributed by atoms with E-state index in [2.05, 4.69) is 22.1 Å².